The van der Waals surface area contributed by atoms with Crippen LogP contribution in [-0.2, 0) is 4.74 Å². The molecule has 1 rings (SSSR count). The van der Waals surface area contributed by atoms with Crippen LogP contribution < -0.4 is 0 Å². The van der Waals surface area contributed by atoms with Crippen molar-refractivity contribution in [3.8, 4) is 0 Å². The molecule has 0 saturated carbocycles. The van der Waals surface area contributed by atoms with Crippen LogP contribution >= 0.6 is 11.3 Å². The molecule has 0 spiro atoms. The summed E-state index contributed by atoms with van der Waals surface area (Å²) < 4.78 is 5.22. The van der Waals surface area contributed by atoms with E-state index in [1.54, 1.807) is 11.3 Å². The van der Waals surface area contributed by atoms with Crippen molar-refractivity contribution in [2.45, 2.75) is 26.4 Å². The number of thiazole rings is 1. The van der Waals surface area contributed by atoms with E-state index in [9.17, 15) is 5.11 Å². The second kappa shape index (κ2) is 5.32. The molecule has 74 valence electrons. The summed E-state index contributed by atoms with van der Waals surface area (Å²) in [5.74, 6) is 0. The molecule has 0 bridgehead atoms. The fraction of sp³-hybridized carbons (Fsp3) is 0.667. The van der Waals surface area contributed by atoms with Crippen LogP contribution in [0.5, 0.6) is 0 Å². The van der Waals surface area contributed by atoms with Gasteiger partial charge in [-0.3, -0.25) is 0 Å². The Labute approximate surface area is 82.4 Å². The van der Waals surface area contributed by atoms with Crippen molar-refractivity contribution in [2.24, 2.45) is 0 Å². The topological polar surface area (TPSA) is 42.4 Å². The molecule has 0 aliphatic heterocycles. The molecule has 1 unspecified atom stereocenters. The molecule has 1 aromatic rings. The first-order chi connectivity index (χ1) is 6.24. The Hall–Kier alpha value is -0.450. The van der Waals surface area contributed by atoms with E-state index in [1.807, 2.05) is 19.2 Å². The van der Waals surface area contributed by atoms with E-state index < -0.39 is 6.10 Å². The second-order valence-corrected chi connectivity index (χ2v) is 3.94. The van der Waals surface area contributed by atoms with E-state index in [4.69, 9.17) is 4.74 Å². The molecule has 1 N–H and O–H groups in total. The van der Waals surface area contributed by atoms with Crippen LogP contribution in [0.25, 0.3) is 0 Å². The average molecular weight is 201 g/mol. The minimum absolute atomic E-state index is 0.344. The van der Waals surface area contributed by atoms with Crippen molar-refractivity contribution >= 4 is 11.3 Å². The summed E-state index contributed by atoms with van der Waals surface area (Å²) in [6.45, 7) is 5.00. The maximum absolute atomic E-state index is 9.58. The van der Waals surface area contributed by atoms with Gasteiger partial charge in [0.25, 0.3) is 0 Å². The number of hydrogen-bond donors (Lipinski definition) is 1. The molecule has 13 heavy (non-hydrogen) atoms. The molecule has 4 heteroatoms. The molecule has 3 nitrogen and oxygen atoms in total. The number of aryl methyl sites for hydroxylation is 1. The summed E-state index contributed by atoms with van der Waals surface area (Å²) in [7, 11) is 0. The Morgan fingerprint density at radius 1 is 1.69 bits per heavy atom. The van der Waals surface area contributed by atoms with Gasteiger partial charge < -0.3 is 9.84 Å². The summed E-state index contributed by atoms with van der Waals surface area (Å²) in [4.78, 5) is 4.18. The molecule has 0 aliphatic rings. The third-order valence-electron chi connectivity index (χ3n) is 1.60. The summed E-state index contributed by atoms with van der Waals surface area (Å²) in [5.41, 5.74) is 0.721. The monoisotopic (exact) mass is 201 g/mol. The number of aromatic nitrogens is 1. The maximum Gasteiger partial charge on any atom is 0.120 e. The average Bonchev–Trinajstić information content (AvgIpc) is 2.52. The zero-order chi connectivity index (χ0) is 9.68. The molecule has 0 saturated heterocycles. The van der Waals surface area contributed by atoms with Crippen molar-refractivity contribution < 1.29 is 9.84 Å². The van der Waals surface area contributed by atoms with Crippen LogP contribution in [0.1, 0.15) is 30.2 Å². The summed E-state index contributed by atoms with van der Waals surface area (Å²) in [6.07, 6.45) is 0.402. The fourth-order valence-electron chi connectivity index (χ4n) is 0.958. The van der Waals surface area contributed by atoms with Gasteiger partial charge in [-0.25, -0.2) is 4.98 Å². The van der Waals surface area contributed by atoms with Gasteiger partial charge in [0.15, 0.2) is 0 Å². The number of hydrogen-bond acceptors (Lipinski definition) is 4. The van der Waals surface area contributed by atoms with E-state index in [0.29, 0.717) is 13.2 Å². The van der Waals surface area contributed by atoms with Crippen molar-refractivity contribution in [1.82, 2.24) is 4.98 Å². The van der Waals surface area contributed by atoms with Crippen LogP contribution in [0, 0.1) is 6.92 Å². The predicted molar refractivity (Wildman–Crippen MR) is 52.9 cm³/mol. The third-order valence-corrected chi connectivity index (χ3v) is 2.39. The van der Waals surface area contributed by atoms with E-state index in [1.165, 1.54) is 0 Å². The molecule has 0 radical (unpaired) electrons. The molecule has 1 aromatic heterocycles. The van der Waals surface area contributed by atoms with Gasteiger partial charge in [0.2, 0.25) is 0 Å². The van der Waals surface area contributed by atoms with Gasteiger partial charge in [-0.1, -0.05) is 6.92 Å². The first kappa shape index (κ1) is 10.6. The SMILES string of the molecule is CCCOCC(O)c1csc(C)n1. The summed E-state index contributed by atoms with van der Waals surface area (Å²) in [6, 6.07) is 0. The largest absolute Gasteiger partial charge is 0.384 e. The highest BCUT2D eigenvalue weighted by atomic mass is 32.1. The number of ether oxygens (including phenoxy) is 1. The van der Waals surface area contributed by atoms with Crippen LogP contribution in [-0.4, -0.2) is 23.3 Å². The lowest BCUT2D eigenvalue weighted by Crippen LogP contribution is -2.08. The molecule has 0 amide bonds. The first-order valence-corrected chi connectivity index (χ1v) is 5.29. The van der Waals surface area contributed by atoms with Crippen molar-refractivity contribution in [3.63, 3.8) is 0 Å². The molecule has 0 fully saturated rings. The highest BCUT2D eigenvalue weighted by Crippen LogP contribution is 2.16. The van der Waals surface area contributed by atoms with Gasteiger partial charge in [-0.15, -0.1) is 11.3 Å². The number of nitrogens with zero attached hydrogens (tertiary/aromatic N) is 1. The van der Waals surface area contributed by atoms with E-state index in [-0.39, 0.29) is 0 Å². The molecule has 1 heterocycles. The van der Waals surface area contributed by atoms with Crippen LogP contribution in [0.4, 0.5) is 0 Å². The highest BCUT2D eigenvalue weighted by molar-refractivity contribution is 7.09. The normalized spacial score (nSPS) is 13.2. The van der Waals surface area contributed by atoms with Gasteiger partial charge >= 0.3 is 0 Å². The van der Waals surface area contributed by atoms with E-state index in [0.717, 1.165) is 17.1 Å². The van der Waals surface area contributed by atoms with E-state index in [2.05, 4.69) is 4.98 Å². The van der Waals surface area contributed by atoms with Gasteiger partial charge in [-0.2, -0.15) is 0 Å². The Morgan fingerprint density at radius 2 is 2.46 bits per heavy atom. The van der Waals surface area contributed by atoms with Crippen molar-refractivity contribution in [3.05, 3.63) is 16.1 Å². The van der Waals surface area contributed by atoms with Gasteiger partial charge in [0.05, 0.1) is 17.3 Å². The maximum atomic E-state index is 9.58. The lowest BCUT2D eigenvalue weighted by atomic mass is 10.3. The van der Waals surface area contributed by atoms with Gasteiger partial charge in [-0.05, 0) is 13.3 Å². The smallest absolute Gasteiger partial charge is 0.120 e. The minimum Gasteiger partial charge on any atom is -0.384 e. The van der Waals surface area contributed by atoms with E-state index >= 15 is 0 Å². The molecular weight excluding hydrogens is 186 g/mol. The number of rotatable bonds is 5. The van der Waals surface area contributed by atoms with Crippen LogP contribution in [0.15, 0.2) is 5.38 Å². The van der Waals surface area contributed by atoms with Gasteiger partial charge in [0, 0.05) is 12.0 Å². The van der Waals surface area contributed by atoms with Crippen molar-refractivity contribution in [1.29, 1.82) is 0 Å². The first-order valence-electron chi connectivity index (χ1n) is 4.42. The molecular formula is C9H15NO2S. The Bertz CT molecular complexity index is 250. The van der Waals surface area contributed by atoms with Crippen LogP contribution in [0.2, 0.25) is 0 Å². The van der Waals surface area contributed by atoms with Crippen molar-refractivity contribution in [2.75, 3.05) is 13.2 Å². The predicted octanol–water partition coefficient (Wildman–Crippen LogP) is 1.91. The third kappa shape index (κ3) is 3.42. The number of aliphatic hydroxyl groups excluding tert-OH is 1. The zero-order valence-corrected chi connectivity index (χ0v) is 8.80. The molecule has 0 aliphatic carbocycles. The highest BCUT2D eigenvalue weighted by Gasteiger charge is 2.10. The van der Waals surface area contributed by atoms with Crippen LogP contribution in [0.3, 0.4) is 0 Å². The summed E-state index contributed by atoms with van der Waals surface area (Å²) >= 11 is 1.55. The Kier molecular flexibility index (Phi) is 4.35. The molecule has 1 atom stereocenters. The van der Waals surface area contributed by atoms with Gasteiger partial charge in [0.1, 0.15) is 6.10 Å². The lowest BCUT2D eigenvalue weighted by Gasteiger charge is -2.07. The summed E-state index contributed by atoms with van der Waals surface area (Å²) in [5, 5.41) is 12.4. The number of aliphatic hydroxyl groups is 1. The Balaban J connectivity index is 2.35. The second-order valence-electron chi connectivity index (χ2n) is 2.88. The Morgan fingerprint density at radius 3 is 3.00 bits per heavy atom. The lowest BCUT2D eigenvalue weighted by molar-refractivity contribution is 0.0345. The quantitative estimate of drug-likeness (QED) is 0.740. The zero-order valence-electron chi connectivity index (χ0n) is 7.99. The fourth-order valence-corrected chi connectivity index (χ4v) is 1.62. The molecule has 0 aromatic carbocycles. The minimum atomic E-state index is -0.573. The standard InChI is InChI=1S/C9H15NO2S/c1-3-4-12-5-9(11)8-6-13-7(2)10-8/h6,9,11H,3-5H2,1-2H3.